The summed E-state index contributed by atoms with van der Waals surface area (Å²) >= 11 is 11.1. The number of hydrogen-bond acceptors (Lipinski definition) is 2. The Morgan fingerprint density at radius 1 is 1.59 bits per heavy atom. The van der Waals surface area contributed by atoms with Gasteiger partial charge in [0.15, 0.2) is 4.77 Å². The van der Waals surface area contributed by atoms with Gasteiger partial charge in [0.2, 0.25) is 5.91 Å². The summed E-state index contributed by atoms with van der Waals surface area (Å²) in [6.45, 7) is 2.69. The number of hydrogen-bond donors (Lipinski definition) is 2. The fourth-order valence-electron chi connectivity index (χ4n) is 1.70. The lowest BCUT2D eigenvalue weighted by Gasteiger charge is -2.05. The van der Waals surface area contributed by atoms with E-state index < -0.39 is 0 Å². The molecular weight excluding hydrogens is 258 g/mol. The Kier molecular flexibility index (Phi) is 3.49. The third-order valence-corrected chi connectivity index (χ3v) is 3.00. The first kappa shape index (κ1) is 12.1. The SMILES string of the molecule is CC(=O)NCCn1c(=S)[nH]c2cc(Cl)ccc21. The molecule has 0 unspecified atom stereocenters. The molecule has 1 aromatic carbocycles. The molecule has 0 fully saturated rings. The first-order valence-corrected chi connectivity index (χ1v) is 5.99. The maximum absolute atomic E-state index is 10.8. The first-order chi connectivity index (χ1) is 8.08. The smallest absolute Gasteiger partial charge is 0.216 e. The quantitative estimate of drug-likeness (QED) is 0.841. The maximum Gasteiger partial charge on any atom is 0.216 e. The molecule has 1 amide bonds. The molecule has 1 heterocycles. The number of imidazole rings is 1. The van der Waals surface area contributed by atoms with E-state index in [2.05, 4.69) is 10.3 Å². The molecule has 0 aliphatic carbocycles. The van der Waals surface area contributed by atoms with Crippen molar-refractivity contribution < 1.29 is 4.79 Å². The summed E-state index contributed by atoms with van der Waals surface area (Å²) in [4.78, 5) is 13.9. The van der Waals surface area contributed by atoms with Crippen LogP contribution in [0.3, 0.4) is 0 Å². The second-order valence-corrected chi connectivity index (χ2v) is 4.55. The zero-order chi connectivity index (χ0) is 12.4. The highest BCUT2D eigenvalue weighted by Gasteiger charge is 2.04. The number of nitrogens with one attached hydrogen (secondary N) is 2. The van der Waals surface area contributed by atoms with Gasteiger partial charge in [-0.05, 0) is 30.4 Å². The Bertz CT molecular complexity index is 617. The van der Waals surface area contributed by atoms with Crippen LogP contribution in [0.15, 0.2) is 18.2 Å². The van der Waals surface area contributed by atoms with Gasteiger partial charge >= 0.3 is 0 Å². The average molecular weight is 270 g/mol. The highest BCUT2D eigenvalue weighted by atomic mass is 35.5. The van der Waals surface area contributed by atoms with E-state index in [1.54, 1.807) is 0 Å². The molecule has 0 radical (unpaired) electrons. The topological polar surface area (TPSA) is 49.8 Å². The normalized spacial score (nSPS) is 10.7. The van der Waals surface area contributed by atoms with Crippen LogP contribution in [0.2, 0.25) is 5.02 Å². The molecule has 0 saturated heterocycles. The van der Waals surface area contributed by atoms with Crippen molar-refractivity contribution in [3.63, 3.8) is 0 Å². The summed E-state index contributed by atoms with van der Waals surface area (Å²) in [5.74, 6) is -0.0422. The van der Waals surface area contributed by atoms with Gasteiger partial charge in [0.05, 0.1) is 11.0 Å². The fraction of sp³-hybridized carbons (Fsp3) is 0.273. The van der Waals surface area contributed by atoms with Crippen molar-refractivity contribution in [2.75, 3.05) is 6.54 Å². The van der Waals surface area contributed by atoms with Crippen molar-refractivity contribution in [1.29, 1.82) is 0 Å². The van der Waals surface area contributed by atoms with Crippen LogP contribution in [-0.2, 0) is 11.3 Å². The minimum atomic E-state index is -0.0422. The Morgan fingerprint density at radius 2 is 2.35 bits per heavy atom. The number of benzene rings is 1. The third-order valence-electron chi connectivity index (χ3n) is 2.45. The summed E-state index contributed by atoms with van der Waals surface area (Å²) in [6.07, 6.45) is 0. The first-order valence-electron chi connectivity index (χ1n) is 5.20. The molecule has 0 bridgehead atoms. The number of nitrogens with zero attached hydrogens (tertiary/aromatic N) is 1. The van der Waals surface area contributed by atoms with E-state index in [1.165, 1.54) is 6.92 Å². The lowest BCUT2D eigenvalue weighted by molar-refractivity contribution is -0.118. The number of H-pyrrole nitrogens is 1. The molecule has 0 aliphatic rings. The number of amides is 1. The lowest BCUT2D eigenvalue weighted by Crippen LogP contribution is -2.24. The van der Waals surface area contributed by atoms with Crippen LogP contribution >= 0.6 is 23.8 Å². The zero-order valence-corrected chi connectivity index (χ0v) is 10.9. The molecule has 17 heavy (non-hydrogen) atoms. The second kappa shape index (κ2) is 4.89. The molecule has 1 aromatic heterocycles. The molecule has 0 atom stereocenters. The van der Waals surface area contributed by atoms with Crippen LogP contribution in [0.25, 0.3) is 11.0 Å². The van der Waals surface area contributed by atoms with E-state index in [0.717, 1.165) is 11.0 Å². The molecule has 0 saturated carbocycles. The van der Waals surface area contributed by atoms with Crippen molar-refractivity contribution in [2.45, 2.75) is 13.5 Å². The number of aromatic nitrogens is 2. The van der Waals surface area contributed by atoms with Gasteiger partial charge in [-0.1, -0.05) is 11.6 Å². The summed E-state index contributed by atoms with van der Waals surface area (Å²) in [5.41, 5.74) is 1.90. The number of halogens is 1. The van der Waals surface area contributed by atoms with Crippen molar-refractivity contribution in [2.24, 2.45) is 0 Å². The van der Waals surface area contributed by atoms with Gasteiger partial charge in [0, 0.05) is 25.0 Å². The van der Waals surface area contributed by atoms with Crippen LogP contribution in [0, 0.1) is 4.77 Å². The average Bonchev–Trinajstić information content (AvgIpc) is 2.54. The Hall–Kier alpha value is -1.33. The highest BCUT2D eigenvalue weighted by Crippen LogP contribution is 2.18. The molecule has 2 rings (SSSR count). The van der Waals surface area contributed by atoms with E-state index in [4.69, 9.17) is 23.8 Å². The largest absolute Gasteiger partial charge is 0.355 e. The Labute approximate surface area is 109 Å². The standard InChI is InChI=1S/C11H12ClN3OS/c1-7(16)13-4-5-15-10-3-2-8(12)6-9(10)14-11(15)17/h2-3,6H,4-5H2,1H3,(H,13,16)(H,14,17). The lowest BCUT2D eigenvalue weighted by atomic mass is 10.3. The number of aromatic amines is 1. The van der Waals surface area contributed by atoms with Crippen molar-refractivity contribution in [1.82, 2.24) is 14.9 Å². The van der Waals surface area contributed by atoms with Gasteiger partial charge in [-0.3, -0.25) is 4.79 Å². The van der Waals surface area contributed by atoms with Crippen LogP contribution in [0.4, 0.5) is 0 Å². The summed E-state index contributed by atoms with van der Waals surface area (Å²) < 4.78 is 2.57. The van der Waals surface area contributed by atoms with Crippen LogP contribution < -0.4 is 5.32 Å². The fourth-order valence-corrected chi connectivity index (χ4v) is 2.17. The maximum atomic E-state index is 10.8. The van der Waals surface area contributed by atoms with E-state index in [1.807, 2.05) is 22.8 Å². The monoisotopic (exact) mass is 269 g/mol. The molecule has 0 spiro atoms. The van der Waals surface area contributed by atoms with E-state index >= 15 is 0 Å². The number of carbonyl (C=O) groups is 1. The van der Waals surface area contributed by atoms with E-state index in [0.29, 0.717) is 22.9 Å². The predicted octanol–water partition coefficient (Wildman–Crippen LogP) is 2.49. The molecule has 0 aliphatic heterocycles. The van der Waals surface area contributed by atoms with Gasteiger partial charge < -0.3 is 14.9 Å². The highest BCUT2D eigenvalue weighted by molar-refractivity contribution is 7.71. The van der Waals surface area contributed by atoms with Gasteiger partial charge in [0.1, 0.15) is 0 Å². The van der Waals surface area contributed by atoms with Crippen LogP contribution in [0.5, 0.6) is 0 Å². The van der Waals surface area contributed by atoms with E-state index in [-0.39, 0.29) is 5.91 Å². The van der Waals surface area contributed by atoms with E-state index in [9.17, 15) is 4.79 Å². The number of fused-ring (bicyclic) bond motifs is 1. The second-order valence-electron chi connectivity index (χ2n) is 3.73. The van der Waals surface area contributed by atoms with Gasteiger partial charge in [-0.15, -0.1) is 0 Å². The molecule has 4 nitrogen and oxygen atoms in total. The van der Waals surface area contributed by atoms with Crippen molar-refractivity contribution in [3.05, 3.63) is 28.0 Å². The van der Waals surface area contributed by atoms with Crippen LogP contribution in [0.1, 0.15) is 6.92 Å². The summed E-state index contributed by atoms with van der Waals surface area (Å²) in [7, 11) is 0. The number of rotatable bonds is 3. The van der Waals surface area contributed by atoms with Gasteiger partial charge in [-0.25, -0.2) is 0 Å². The van der Waals surface area contributed by atoms with Crippen molar-refractivity contribution >= 4 is 40.8 Å². The summed E-state index contributed by atoms with van der Waals surface area (Å²) in [5, 5.41) is 3.41. The van der Waals surface area contributed by atoms with Gasteiger partial charge in [0.25, 0.3) is 0 Å². The van der Waals surface area contributed by atoms with Gasteiger partial charge in [-0.2, -0.15) is 0 Å². The Balaban J connectivity index is 2.30. The predicted molar refractivity (Wildman–Crippen MR) is 70.8 cm³/mol. The Morgan fingerprint density at radius 3 is 3.06 bits per heavy atom. The molecule has 90 valence electrons. The summed E-state index contributed by atoms with van der Waals surface area (Å²) in [6, 6.07) is 5.57. The third kappa shape index (κ3) is 2.68. The molecule has 2 aromatic rings. The van der Waals surface area contributed by atoms with Crippen molar-refractivity contribution in [3.8, 4) is 0 Å². The molecule has 2 N–H and O–H groups in total. The molecule has 6 heteroatoms. The minimum Gasteiger partial charge on any atom is -0.355 e. The molecular formula is C11H12ClN3OS. The van der Waals surface area contributed by atoms with Crippen LogP contribution in [-0.4, -0.2) is 22.0 Å². The minimum absolute atomic E-state index is 0.0422. The number of carbonyl (C=O) groups excluding carboxylic acids is 1. The zero-order valence-electron chi connectivity index (χ0n) is 9.29.